The molecule has 0 saturated heterocycles. The van der Waals surface area contributed by atoms with E-state index in [2.05, 4.69) is 33.0 Å². The third-order valence-corrected chi connectivity index (χ3v) is 3.31. The van der Waals surface area contributed by atoms with Gasteiger partial charge in [0.15, 0.2) is 0 Å². The minimum Gasteiger partial charge on any atom is -0.374 e. The van der Waals surface area contributed by atoms with E-state index in [-0.39, 0.29) is 5.60 Å². The smallest absolute Gasteiger partial charge is 0.0781 e. The van der Waals surface area contributed by atoms with E-state index >= 15 is 0 Å². The molecule has 0 aromatic rings. The van der Waals surface area contributed by atoms with Crippen molar-refractivity contribution in [1.82, 2.24) is 5.32 Å². The molecule has 14 heavy (non-hydrogen) atoms. The lowest BCUT2D eigenvalue weighted by molar-refractivity contribution is -0.0623. The first-order valence-corrected chi connectivity index (χ1v) is 5.99. The maximum Gasteiger partial charge on any atom is 0.0781 e. The lowest BCUT2D eigenvalue weighted by Gasteiger charge is -2.43. The number of rotatable bonds is 6. The molecule has 0 bridgehead atoms. The predicted octanol–water partition coefficient (Wildman–Crippen LogP) is 2.58. The molecule has 1 atom stereocenters. The van der Waals surface area contributed by atoms with Gasteiger partial charge in [0, 0.05) is 12.6 Å². The predicted molar refractivity (Wildman–Crippen MR) is 60.5 cm³/mol. The largest absolute Gasteiger partial charge is 0.374 e. The number of hydrogen-bond donors (Lipinski definition) is 1. The number of nitrogens with one attached hydrogen (secondary N) is 1. The summed E-state index contributed by atoms with van der Waals surface area (Å²) in [5, 5.41) is 3.58. The summed E-state index contributed by atoms with van der Waals surface area (Å²) in [5.41, 5.74) is -0.0180. The Hall–Kier alpha value is -0.0800. The summed E-state index contributed by atoms with van der Waals surface area (Å²) in [4.78, 5) is 0. The molecule has 1 aliphatic carbocycles. The van der Waals surface area contributed by atoms with Crippen LogP contribution in [0, 0.1) is 5.92 Å². The van der Waals surface area contributed by atoms with E-state index in [1.54, 1.807) is 0 Å². The van der Waals surface area contributed by atoms with E-state index in [1.807, 2.05) is 0 Å². The van der Waals surface area contributed by atoms with Crippen molar-refractivity contribution in [3.05, 3.63) is 0 Å². The maximum atomic E-state index is 5.84. The van der Waals surface area contributed by atoms with E-state index in [1.165, 1.54) is 19.3 Å². The highest BCUT2D eigenvalue weighted by Crippen LogP contribution is 2.35. The summed E-state index contributed by atoms with van der Waals surface area (Å²) >= 11 is 0. The van der Waals surface area contributed by atoms with Gasteiger partial charge in [-0.15, -0.1) is 0 Å². The van der Waals surface area contributed by atoms with Crippen molar-refractivity contribution in [1.29, 1.82) is 0 Å². The van der Waals surface area contributed by atoms with Crippen LogP contribution in [0.4, 0.5) is 0 Å². The zero-order valence-corrected chi connectivity index (χ0v) is 10.1. The molecule has 0 radical (unpaired) electrons. The van der Waals surface area contributed by atoms with Crippen molar-refractivity contribution < 1.29 is 4.74 Å². The molecule has 0 heterocycles. The van der Waals surface area contributed by atoms with Crippen LogP contribution < -0.4 is 5.32 Å². The number of likely N-dealkylation sites (N-methyl/N-ethyl adjacent to an activating group) is 1. The van der Waals surface area contributed by atoms with Crippen LogP contribution in [0.25, 0.3) is 0 Å². The van der Waals surface area contributed by atoms with E-state index in [4.69, 9.17) is 4.74 Å². The SMILES string of the molecule is CCNC(C1CCC1)C(C)(C)OCC. The molecule has 1 N–H and O–H groups in total. The quantitative estimate of drug-likeness (QED) is 0.710. The molecule has 0 aromatic heterocycles. The zero-order chi connectivity index (χ0) is 10.6. The van der Waals surface area contributed by atoms with Crippen LogP contribution in [0.2, 0.25) is 0 Å². The Morgan fingerprint density at radius 1 is 1.36 bits per heavy atom. The highest BCUT2D eigenvalue weighted by Gasteiger charge is 2.38. The molecule has 0 amide bonds. The summed E-state index contributed by atoms with van der Waals surface area (Å²) in [6.45, 7) is 10.5. The van der Waals surface area contributed by atoms with E-state index in [0.29, 0.717) is 6.04 Å². The van der Waals surface area contributed by atoms with Gasteiger partial charge < -0.3 is 10.1 Å². The number of hydrogen-bond acceptors (Lipinski definition) is 2. The van der Waals surface area contributed by atoms with Gasteiger partial charge in [-0.2, -0.15) is 0 Å². The van der Waals surface area contributed by atoms with Crippen LogP contribution in [0.3, 0.4) is 0 Å². The molecule has 1 fully saturated rings. The van der Waals surface area contributed by atoms with Crippen molar-refractivity contribution in [2.45, 2.75) is 58.6 Å². The Balaban J connectivity index is 2.54. The van der Waals surface area contributed by atoms with Crippen LogP contribution in [0.1, 0.15) is 47.0 Å². The van der Waals surface area contributed by atoms with Crippen molar-refractivity contribution >= 4 is 0 Å². The van der Waals surface area contributed by atoms with E-state index in [9.17, 15) is 0 Å². The first-order valence-electron chi connectivity index (χ1n) is 5.99. The first kappa shape index (κ1) is 12.0. The molecule has 2 nitrogen and oxygen atoms in total. The van der Waals surface area contributed by atoms with Crippen LogP contribution in [0.5, 0.6) is 0 Å². The number of ether oxygens (including phenoxy) is 1. The fourth-order valence-corrected chi connectivity index (χ4v) is 2.43. The molecule has 1 aliphatic rings. The summed E-state index contributed by atoms with van der Waals surface area (Å²) < 4.78 is 5.84. The Labute approximate surface area is 88.4 Å². The second-order valence-corrected chi connectivity index (χ2v) is 4.76. The summed E-state index contributed by atoms with van der Waals surface area (Å²) in [7, 11) is 0. The van der Waals surface area contributed by atoms with Crippen LogP contribution in [0.15, 0.2) is 0 Å². The van der Waals surface area contributed by atoms with Gasteiger partial charge in [-0.3, -0.25) is 0 Å². The highest BCUT2D eigenvalue weighted by molar-refractivity contribution is 4.93. The minimum atomic E-state index is -0.0180. The van der Waals surface area contributed by atoms with Crippen LogP contribution in [-0.4, -0.2) is 24.8 Å². The van der Waals surface area contributed by atoms with Gasteiger partial charge in [0.05, 0.1) is 5.60 Å². The second-order valence-electron chi connectivity index (χ2n) is 4.76. The molecule has 1 rings (SSSR count). The highest BCUT2D eigenvalue weighted by atomic mass is 16.5. The fraction of sp³-hybridized carbons (Fsp3) is 1.00. The van der Waals surface area contributed by atoms with Crippen molar-refractivity contribution in [2.75, 3.05) is 13.2 Å². The Morgan fingerprint density at radius 2 is 2.00 bits per heavy atom. The van der Waals surface area contributed by atoms with Crippen LogP contribution >= 0.6 is 0 Å². The third-order valence-electron chi connectivity index (χ3n) is 3.31. The maximum absolute atomic E-state index is 5.84. The molecular formula is C12H25NO. The first-order chi connectivity index (χ1) is 6.61. The molecule has 1 unspecified atom stereocenters. The summed E-state index contributed by atoms with van der Waals surface area (Å²) in [5.74, 6) is 0.830. The molecule has 0 aromatic carbocycles. The molecule has 2 heteroatoms. The Bertz CT molecular complexity index is 164. The van der Waals surface area contributed by atoms with Gasteiger partial charge in [-0.05, 0) is 46.1 Å². The third kappa shape index (κ3) is 2.71. The van der Waals surface area contributed by atoms with Gasteiger partial charge in [-0.1, -0.05) is 13.3 Å². The van der Waals surface area contributed by atoms with Crippen LogP contribution in [-0.2, 0) is 4.74 Å². The molecule has 0 spiro atoms. The topological polar surface area (TPSA) is 21.3 Å². The molecular weight excluding hydrogens is 174 g/mol. The summed E-state index contributed by atoms with van der Waals surface area (Å²) in [6.07, 6.45) is 4.14. The standard InChI is InChI=1S/C12H25NO/c1-5-13-11(10-8-7-9-10)12(3,4)14-6-2/h10-11,13H,5-9H2,1-4H3. The van der Waals surface area contributed by atoms with Gasteiger partial charge >= 0.3 is 0 Å². The van der Waals surface area contributed by atoms with Gasteiger partial charge in [0.1, 0.15) is 0 Å². The lowest BCUT2D eigenvalue weighted by Crippen LogP contribution is -2.54. The van der Waals surface area contributed by atoms with Crippen molar-refractivity contribution in [2.24, 2.45) is 5.92 Å². The molecule has 0 aliphatic heterocycles. The molecule has 84 valence electrons. The normalized spacial score (nSPS) is 20.6. The van der Waals surface area contributed by atoms with Gasteiger partial charge in [0.25, 0.3) is 0 Å². The average Bonchev–Trinajstić information content (AvgIpc) is 2.00. The summed E-state index contributed by atoms with van der Waals surface area (Å²) in [6, 6.07) is 0.529. The monoisotopic (exact) mass is 199 g/mol. The fourth-order valence-electron chi connectivity index (χ4n) is 2.43. The second kappa shape index (κ2) is 5.13. The van der Waals surface area contributed by atoms with Gasteiger partial charge in [-0.25, -0.2) is 0 Å². The lowest BCUT2D eigenvalue weighted by atomic mass is 9.74. The van der Waals surface area contributed by atoms with E-state index < -0.39 is 0 Å². The zero-order valence-electron chi connectivity index (χ0n) is 10.1. The van der Waals surface area contributed by atoms with Crippen molar-refractivity contribution in [3.8, 4) is 0 Å². The average molecular weight is 199 g/mol. The molecule has 1 saturated carbocycles. The Morgan fingerprint density at radius 3 is 2.36 bits per heavy atom. The van der Waals surface area contributed by atoms with E-state index in [0.717, 1.165) is 19.1 Å². The van der Waals surface area contributed by atoms with Gasteiger partial charge in [0.2, 0.25) is 0 Å². The Kier molecular flexibility index (Phi) is 4.39. The van der Waals surface area contributed by atoms with Crippen molar-refractivity contribution in [3.63, 3.8) is 0 Å². The minimum absolute atomic E-state index is 0.0180.